The van der Waals surface area contributed by atoms with E-state index in [1.807, 2.05) is 45.9 Å². The van der Waals surface area contributed by atoms with E-state index in [1.165, 1.54) is 0 Å². The molecule has 0 heterocycles. The first-order chi connectivity index (χ1) is 8.31. The number of benzene rings is 1. The number of methoxy groups -OCH3 is 1. The predicted molar refractivity (Wildman–Crippen MR) is 70.4 cm³/mol. The lowest BCUT2D eigenvalue weighted by atomic mass is 10.1. The largest absolute Gasteiger partial charge is 0.496 e. The van der Waals surface area contributed by atoms with Crippen molar-refractivity contribution >= 4 is 5.91 Å². The average molecular weight is 251 g/mol. The van der Waals surface area contributed by atoms with Gasteiger partial charge >= 0.3 is 0 Å². The van der Waals surface area contributed by atoms with Gasteiger partial charge in [0.1, 0.15) is 5.75 Å². The highest BCUT2D eigenvalue weighted by Crippen LogP contribution is 2.20. The van der Waals surface area contributed by atoms with Crippen molar-refractivity contribution < 1.29 is 14.4 Å². The minimum Gasteiger partial charge on any atom is -0.496 e. The standard InChI is InChI=1S/C14H21NO3/c1-10-6-7-12(17-5)11(8-10)9-13(16)15-18-14(2,3)4/h6-8H,9H2,1-5H3,(H,15,16). The molecule has 0 aromatic heterocycles. The summed E-state index contributed by atoms with van der Waals surface area (Å²) in [5.41, 5.74) is 4.00. The van der Waals surface area contributed by atoms with Crippen molar-refractivity contribution in [2.45, 2.75) is 39.7 Å². The summed E-state index contributed by atoms with van der Waals surface area (Å²) in [7, 11) is 1.59. The van der Waals surface area contributed by atoms with E-state index < -0.39 is 5.60 Å². The Kier molecular flexibility index (Phi) is 4.73. The van der Waals surface area contributed by atoms with Crippen LogP contribution in [0.5, 0.6) is 5.75 Å². The third-order valence-corrected chi connectivity index (χ3v) is 2.26. The van der Waals surface area contributed by atoms with Gasteiger partial charge in [-0.1, -0.05) is 17.7 Å². The van der Waals surface area contributed by atoms with Crippen LogP contribution in [0.2, 0.25) is 0 Å². The Morgan fingerprint density at radius 3 is 2.56 bits per heavy atom. The van der Waals surface area contributed by atoms with Crippen LogP contribution >= 0.6 is 0 Å². The maximum atomic E-state index is 11.7. The topological polar surface area (TPSA) is 47.6 Å². The van der Waals surface area contributed by atoms with Crippen molar-refractivity contribution in [2.75, 3.05) is 7.11 Å². The highest BCUT2D eigenvalue weighted by atomic mass is 16.7. The van der Waals surface area contributed by atoms with Gasteiger partial charge in [-0.2, -0.15) is 0 Å². The summed E-state index contributed by atoms with van der Waals surface area (Å²) >= 11 is 0. The minimum absolute atomic E-state index is 0.186. The van der Waals surface area contributed by atoms with Crippen LogP contribution in [0.25, 0.3) is 0 Å². The summed E-state index contributed by atoms with van der Waals surface area (Å²) in [4.78, 5) is 17.0. The van der Waals surface area contributed by atoms with Crippen molar-refractivity contribution in [1.29, 1.82) is 0 Å². The van der Waals surface area contributed by atoms with Gasteiger partial charge in [-0.05, 0) is 33.8 Å². The van der Waals surface area contributed by atoms with E-state index in [1.54, 1.807) is 7.11 Å². The van der Waals surface area contributed by atoms with Crippen molar-refractivity contribution in [3.63, 3.8) is 0 Å². The zero-order valence-corrected chi connectivity index (χ0v) is 11.7. The Morgan fingerprint density at radius 1 is 1.33 bits per heavy atom. The van der Waals surface area contributed by atoms with E-state index in [-0.39, 0.29) is 12.3 Å². The van der Waals surface area contributed by atoms with Gasteiger partial charge in [0.15, 0.2) is 0 Å². The summed E-state index contributed by atoms with van der Waals surface area (Å²) in [5, 5.41) is 0. The van der Waals surface area contributed by atoms with Crippen LogP contribution in [-0.4, -0.2) is 18.6 Å². The maximum absolute atomic E-state index is 11.7. The molecule has 1 rings (SSSR count). The van der Waals surface area contributed by atoms with Crippen LogP contribution in [0.3, 0.4) is 0 Å². The number of ether oxygens (including phenoxy) is 1. The molecule has 4 nitrogen and oxygen atoms in total. The molecule has 0 aliphatic heterocycles. The molecule has 1 aromatic carbocycles. The minimum atomic E-state index is -0.396. The second kappa shape index (κ2) is 5.87. The quantitative estimate of drug-likeness (QED) is 0.836. The van der Waals surface area contributed by atoms with E-state index in [0.717, 1.165) is 11.1 Å². The molecule has 0 aliphatic rings. The molecule has 0 bridgehead atoms. The Morgan fingerprint density at radius 2 is 2.00 bits per heavy atom. The predicted octanol–water partition coefficient (Wildman–Crippen LogP) is 2.39. The van der Waals surface area contributed by atoms with E-state index in [9.17, 15) is 4.79 Å². The van der Waals surface area contributed by atoms with Crippen LogP contribution in [0.1, 0.15) is 31.9 Å². The molecule has 4 heteroatoms. The zero-order chi connectivity index (χ0) is 13.8. The van der Waals surface area contributed by atoms with Gasteiger partial charge in [-0.15, -0.1) is 0 Å². The maximum Gasteiger partial charge on any atom is 0.248 e. The van der Waals surface area contributed by atoms with Crippen LogP contribution in [-0.2, 0) is 16.1 Å². The van der Waals surface area contributed by atoms with E-state index in [2.05, 4.69) is 5.48 Å². The highest BCUT2D eigenvalue weighted by molar-refractivity contribution is 5.78. The van der Waals surface area contributed by atoms with Gasteiger partial charge in [-0.3, -0.25) is 9.63 Å². The highest BCUT2D eigenvalue weighted by Gasteiger charge is 2.14. The van der Waals surface area contributed by atoms with E-state index in [4.69, 9.17) is 9.57 Å². The van der Waals surface area contributed by atoms with Crippen LogP contribution < -0.4 is 10.2 Å². The molecule has 0 saturated heterocycles. The van der Waals surface area contributed by atoms with E-state index in [0.29, 0.717) is 5.75 Å². The molecular formula is C14H21NO3. The molecule has 0 spiro atoms. The summed E-state index contributed by atoms with van der Waals surface area (Å²) in [5.74, 6) is 0.528. The monoisotopic (exact) mass is 251 g/mol. The molecule has 1 amide bonds. The molecule has 0 unspecified atom stereocenters. The van der Waals surface area contributed by atoms with Gasteiger partial charge in [0.05, 0.1) is 19.1 Å². The number of carbonyl (C=O) groups excluding carboxylic acids is 1. The molecular weight excluding hydrogens is 230 g/mol. The number of amides is 1. The third kappa shape index (κ3) is 4.75. The number of carbonyl (C=O) groups is 1. The van der Waals surface area contributed by atoms with Gasteiger partial charge in [0.25, 0.3) is 0 Å². The first-order valence-electron chi connectivity index (χ1n) is 5.92. The molecule has 0 saturated carbocycles. The van der Waals surface area contributed by atoms with E-state index >= 15 is 0 Å². The van der Waals surface area contributed by atoms with Crippen LogP contribution in [0.4, 0.5) is 0 Å². The third-order valence-electron chi connectivity index (χ3n) is 2.26. The number of hydroxylamine groups is 1. The Bertz CT molecular complexity index is 422. The molecule has 0 radical (unpaired) electrons. The first kappa shape index (κ1) is 14.5. The van der Waals surface area contributed by atoms with Gasteiger partial charge in [0.2, 0.25) is 5.91 Å². The normalized spacial score (nSPS) is 11.2. The smallest absolute Gasteiger partial charge is 0.248 e. The number of rotatable bonds is 4. The Balaban J connectivity index is 2.66. The van der Waals surface area contributed by atoms with Gasteiger partial charge in [0, 0.05) is 5.56 Å². The van der Waals surface area contributed by atoms with Crippen molar-refractivity contribution in [1.82, 2.24) is 5.48 Å². The lowest BCUT2D eigenvalue weighted by Gasteiger charge is -2.19. The second-order valence-electron chi connectivity index (χ2n) is 5.23. The summed E-state index contributed by atoms with van der Waals surface area (Å²) in [6.45, 7) is 7.61. The molecule has 1 aromatic rings. The molecule has 0 atom stereocenters. The van der Waals surface area contributed by atoms with Gasteiger partial charge in [-0.25, -0.2) is 5.48 Å². The second-order valence-corrected chi connectivity index (χ2v) is 5.23. The SMILES string of the molecule is COc1ccc(C)cc1CC(=O)NOC(C)(C)C. The fourth-order valence-electron chi connectivity index (χ4n) is 1.46. The fourth-order valence-corrected chi connectivity index (χ4v) is 1.46. The number of nitrogens with one attached hydrogen (secondary N) is 1. The molecule has 1 N–H and O–H groups in total. The fraction of sp³-hybridized carbons (Fsp3) is 0.500. The average Bonchev–Trinajstić information content (AvgIpc) is 2.26. The Hall–Kier alpha value is -1.55. The molecule has 18 heavy (non-hydrogen) atoms. The molecule has 0 aliphatic carbocycles. The zero-order valence-electron chi connectivity index (χ0n) is 11.7. The summed E-state index contributed by atoms with van der Waals surface area (Å²) < 4.78 is 5.23. The van der Waals surface area contributed by atoms with Gasteiger partial charge < -0.3 is 4.74 Å². The number of hydrogen-bond acceptors (Lipinski definition) is 3. The molecule has 0 fully saturated rings. The number of aryl methyl sites for hydroxylation is 1. The van der Waals surface area contributed by atoms with Crippen molar-refractivity contribution in [3.05, 3.63) is 29.3 Å². The van der Waals surface area contributed by atoms with Crippen molar-refractivity contribution in [2.24, 2.45) is 0 Å². The number of hydrogen-bond donors (Lipinski definition) is 1. The summed E-state index contributed by atoms with van der Waals surface area (Å²) in [6.07, 6.45) is 0.237. The van der Waals surface area contributed by atoms with Crippen molar-refractivity contribution in [3.8, 4) is 5.75 Å². The van der Waals surface area contributed by atoms with Crippen LogP contribution in [0, 0.1) is 6.92 Å². The van der Waals surface area contributed by atoms with Crippen LogP contribution in [0.15, 0.2) is 18.2 Å². The lowest BCUT2D eigenvalue weighted by molar-refractivity contribution is -0.144. The Labute approximate surface area is 108 Å². The lowest BCUT2D eigenvalue weighted by Crippen LogP contribution is -2.34. The molecule has 100 valence electrons. The first-order valence-corrected chi connectivity index (χ1v) is 5.92. The summed E-state index contributed by atoms with van der Waals surface area (Å²) in [6, 6.07) is 5.75.